The van der Waals surface area contributed by atoms with E-state index in [0.717, 1.165) is 30.7 Å². The van der Waals surface area contributed by atoms with Crippen LogP contribution < -0.4 is 5.32 Å². The lowest BCUT2D eigenvalue weighted by molar-refractivity contribution is -0.142. The zero-order valence-electron chi connectivity index (χ0n) is 14.0. The van der Waals surface area contributed by atoms with Crippen molar-refractivity contribution < 1.29 is 14.7 Å². The van der Waals surface area contributed by atoms with E-state index in [1.165, 1.54) is 6.20 Å². The molecule has 1 fully saturated rings. The van der Waals surface area contributed by atoms with Crippen LogP contribution in [0.15, 0.2) is 12.3 Å². The second kappa shape index (κ2) is 6.59. The number of nitrogens with one attached hydrogen (secondary N) is 1. The number of nitrogens with zero attached hydrogens (tertiary/aromatic N) is 3. The number of carbonyl (C=O) groups excluding carboxylic acids is 1. The average molecular weight is 330 g/mol. The van der Waals surface area contributed by atoms with Crippen molar-refractivity contribution in [3.8, 4) is 0 Å². The van der Waals surface area contributed by atoms with Gasteiger partial charge >= 0.3 is 5.97 Å². The molecule has 0 unspecified atom stereocenters. The number of carbonyl (C=O) groups is 2. The molecule has 0 aliphatic heterocycles. The molecule has 7 heteroatoms. The molecule has 0 aromatic carbocycles. The molecule has 7 nitrogen and oxygen atoms in total. The number of rotatable bonds is 3. The van der Waals surface area contributed by atoms with Crippen LogP contribution in [0.5, 0.6) is 0 Å². The SMILES string of the molecule is Cc1cc(C)n2ncc(C(=O)N[C@@H]3CCCCC[C@H]3C(=O)O)c2n1. The minimum atomic E-state index is -0.841. The number of hydrogen-bond donors (Lipinski definition) is 2. The Hall–Kier alpha value is -2.44. The Labute approximate surface area is 140 Å². The van der Waals surface area contributed by atoms with E-state index in [4.69, 9.17) is 0 Å². The summed E-state index contributed by atoms with van der Waals surface area (Å²) in [6.07, 6.45) is 5.61. The van der Waals surface area contributed by atoms with Crippen molar-refractivity contribution >= 4 is 17.5 Å². The highest BCUT2D eigenvalue weighted by Crippen LogP contribution is 2.24. The van der Waals surface area contributed by atoms with Gasteiger partial charge in [-0.3, -0.25) is 9.59 Å². The predicted octanol–water partition coefficient (Wildman–Crippen LogP) is 2.11. The molecule has 0 bridgehead atoms. The summed E-state index contributed by atoms with van der Waals surface area (Å²) in [4.78, 5) is 28.6. The van der Waals surface area contributed by atoms with E-state index in [2.05, 4.69) is 15.4 Å². The molecule has 0 radical (unpaired) electrons. The Morgan fingerprint density at radius 3 is 2.75 bits per heavy atom. The normalized spacial score (nSPS) is 21.4. The summed E-state index contributed by atoms with van der Waals surface area (Å²) in [5, 5.41) is 16.6. The third kappa shape index (κ3) is 3.11. The van der Waals surface area contributed by atoms with Crippen LogP contribution >= 0.6 is 0 Å². The quantitative estimate of drug-likeness (QED) is 0.840. The average Bonchev–Trinajstić information content (AvgIpc) is 2.79. The zero-order chi connectivity index (χ0) is 17.3. The highest BCUT2D eigenvalue weighted by Gasteiger charge is 2.31. The molecule has 2 aromatic heterocycles. The van der Waals surface area contributed by atoms with Gasteiger partial charge in [0.1, 0.15) is 5.56 Å². The van der Waals surface area contributed by atoms with Crippen LogP contribution in [0, 0.1) is 19.8 Å². The van der Waals surface area contributed by atoms with E-state index in [1.54, 1.807) is 4.52 Å². The molecule has 1 saturated carbocycles. The van der Waals surface area contributed by atoms with Crippen LogP contribution in [0.3, 0.4) is 0 Å². The summed E-state index contributed by atoms with van der Waals surface area (Å²) in [5.74, 6) is -1.68. The maximum absolute atomic E-state index is 12.7. The third-order valence-electron chi connectivity index (χ3n) is 4.67. The van der Waals surface area contributed by atoms with E-state index in [-0.39, 0.29) is 11.9 Å². The van der Waals surface area contributed by atoms with Crippen molar-refractivity contribution in [3.05, 3.63) is 29.2 Å². The van der Waals surface area contributed by atoms with Gasteiger partial charge in [-0.2, -0.15) is 5.10 Å². The first-order valence-electron chi connectivity index (χ1n) is 8.33. The van der Waals surface area contributed by atoms with Crippen LogP contribution in [0.2, 0.25) is 0 Å². The molecule has 128 valence electrons. The van der Waals surface area contributed by atoms with Gasteiger partial charge in [0.15, 0.2) is 5.65 Å². The van der Waals surface area contributed by atoms with Crippen molar-refractivity contribution in [3.63, 3.8) is 0 Å². The largest absolute Gasteiger partial charge is 0.481 e. The lowest BCUT2D eigenvalue weighted by Crippen LogP contribution is -2.42. The number of aromatic nitrogens is 3. The van der Waals surface area contributed by atoms with Crippen molar-refractivity contribution in [1.29, 1.82) is 0 Å². The molecule has 2 heterocycles. The Morgan fingerprint density at radius 2 is 2.00 bits per heavy atom. The fourth-order valence-corrected chi connectivity index (χ4v) is 3.45. The van der Waals surface area contributed by atoms with Gasteiger partial charge < -0.3 is 10.4 Å². The highest BCUT2D eigenvalue weighted by molar-refractivity contribution is 6.00. The Morgan fingerprint density at radius 1 is 1.25 bits per heavy atom. The predicted molar refractivity (Wildman–Crippen MR) is 87.9 cm³/mol. The highest BCUT2D eigenvalue weighted by atomic mass is 16.4. The summed E-state index contributed by atoms with van der Waals surface area (Å²) >= 11 is 0. The number of aliphatic carboxylic acids is 1. The van der Waals surface area contributed by atoms with Crippen LogP contribution in [-0.4, -0.2) is 37.6 Å². The maximum atomic E-state index is 12.7. The van der Waals surface area contributed by atoms with Crippen LogP contribution in [0.25, 0.3) is 5.65 Å². The molecule has 2 N–H and O–H groups in total. The molecule has 3 rings (SSSR count). The summed E-state index contributed by atoms with van der Waals surface area (Å²) in [6.45, 7) is 3.77. The first kappa shape index (κ1) is 16.4. The zero-order valence-corrected chi connectivity index (χ0v) is 14.0. The monoisotopic (exact) mass is 330 g/mol. The van der Waals surface area contributed by atoms with Gasteiger partial charge in [0.2, 0.25) is 0 Å². The van der Waals surface area contributed by atoms with Gasteiger partial charge in [-0.05, 0) is 32.8 Å². The number of hydrogen-bond acceptors (Lipinski definition) is 4. The molecule has 2 atom stereocenters. The van der Waals surface area contributed by atoms with Gasteiger partial charge in [0.25, 0.3) is 5.91 Å². The minimum Gasteiger partial charge on any atom is -0.481 e. The van der Waals surface area contributed by atoms with Crippen molar-refractivity contribution in [2.45, 2.75) is 52.0 Å². The Bertz CT molecular complexity index is 783. The second-order valence-electron chi connectivity index (χ2n) is 6.50. The van der Waals surface area contributed by atoms with Crippen molar-refractivity contribution in [2.24, 2.45) is 5.92 Å². The fraction of sp³-hybridized carbons (Fsp3) is 0.529. The first-order valence-corrected chi connectivity index (χ1v) is 8.33. The van der Waals surface area contributed by atoms with Crippen molar-refractivity contribution in [2.75, 3.05) is 0 Å². The number of carboxylic acid groups (broad SMARTS) is 1. The first-order chi connectivity index (χ1) is 11.5. The van der Waals surface area contributed by atoms with E-state index < -0.39 is 11.9 Å². The molecule has 0 saturated heterocycles. The Balaban J connectivity index is 1.87. The lowest BCUT2D eigenvalue weighted by Gasteiger charge is -2.22. The molecule has 2 aromatic rings. The van der Waals surface area contributed by atoms with Crippen molar-refractivity contribution in [1.82, 2.24) is 19.9 Å². The Kier molecular flexibility index (Phi) is 4.51. The molecular formula is C17H22N4O3. The van der Waals surface area contributed by atoms with Gasteiger partial charge in [-0.1, -0.05) is 19.3 Å². The number of fused-ring (bicyclic) bond motifs is 1. The minimum absolute atomic E-state index is 0.305. The number of carboxylic acids is 1. The van der Waals surface area contributed by atoms with Gasteiger partial charge in [0, 0.05) is 17.4 Å². The second-order valence-corrected chi connectivity index (χ2v) is 6.50. The smallest absolute Gasteiger partial charge is 0.308 e. The molecule has 1 aliphatic rings. The molecule has 0 spiro atoms. The van der Waals surface area contributed by atoms with E-state index in [0.29, 0.717) is 24.1 Å². The van der Waals surface area contributed by atoms with Gasteiger partial charge in [0.05, 0.1) is 12.1 Å². The molecule has 24 heavy (non-hydrogen) atoms. The number of amides is 1. The summed E-state index contributed by atoms with van der Waals surface area (Å²) in [6, 6.07) is 1.55. The van der Waals surface area contributed by atoms with E-state index in [9.17, 15) is 14.7 Å². The van der Waals surface area contributed by atoms with E-state index in [1.807, 2.05) is 19.9 Å². The molecule has 1 aliphatic carbocycles. The maximum Gasteiger partial charge on any atom is 0.308 e. The van der Waals surface area contributed by atoms with E-state index >= 15 is 0 Å². The molecule has 1 amide bonds. The molecular weight excluding hydrogens is 308 g/mol. The van der Waals surface area contributed by atoms with Gasteiger partial charge in [-0.15, -0.1) is 0 Å². The van der Waals surface area contributed by atoms with Crippen LogP contribution in [0.1, 0.15) is 53.8 Å². The summed E-state index contributed by atoms with van der Waals surface area (Å²) < 4.78 is 1.63. The topological polar surface area (TPSA) is 96.6 Å². The van der Waals surface area contributed by atoms with Crippen LogP contribution in [0.4, 0.5) is 0 Å². The summed E-state index contributed by atoms with van der Waals surface area (Å²) in [7, 11) is 0. The standard InChI is InChI=1S/C17H22N4O3/c1-10-8-11(2)21-15(19-10)13(9-18-21)16(22)20-14-7-5-3-4-6-12(14)17(23)24/h8-9,12,14H,3-7H2,1-2H3,(H,20,22)(H,23,24)/t12-,14-/m1/s1. The van der Waals surface area contributed by atoms with Gasteiger partial charge in [-0.25, -0.2) is 9.50 Å². The summed E-state index contributed by atoms with van der Waals surface area (Å²) in [5.41, 5.74) is 2.60. The number of aryl methyl sites for hydroxylation is 2. The lowest BCUT2D eigenvalue weighted by atomic mass is 9.94. The fourth-order valence-electron chi connectivity index (χ4n) is 3.45. The third-order valence-corrected chi connectivity index (χ3v) is 4.67. The van der Waals surface area contributed by atoms with Crippen LogP contribution in [-0.2, 0) is 4.79 Å².